The zero-order valence-corrected chi connectivity index (χ0v) is 18.0. The SMILES string of the molecule is CCOc1ccc(N2/C(=N/c3ccc(C)cc3)CC2c2ccc3ccccc3c2)cc1. The lowest BCUT2D eigenvalue weighted by Gasteiger charge is -2.44. The number of aliphatic imine (C=N–C) groups is 1. The molecule has 1 aliphatic heterocycles. The van der Waals surface area contributed by atoms with E-state index in [9.17, 15) is 0 Å². The average molecular weight is 407 g/mol. The number of rotatable bonds is 5. The summed E-state index contributed by atoms with van der Waals surface area (Å²) in [7, 11) is 0. The van der Waals surface area contributed by atoms with Crippen LogP contribution < -0.4 is 9.64 Å². The number of ether oxygens (including phenoxy) is 1. The van der Waals surface area contributed by atoms with E-state index in [0.29, 0.717) is 6.61 Å². The molecule has 154 valence electrons. The van der Waals surface area contributed by atoms with Crippen molar-refractivity contribution in [3.05, 3.63) is 102 Å². The van der Waals surface area contributed by atoms with Crippen molar-refractivity contribution in [1.29, 1.82) is 0 Å². The Morgan fingerprint density at radius 2 is 1.61 bits per heavy atom. The van der Waals surface area contributed by atoms with Crippen LogP contribution in [-0.4, -0.2) is 12.4 Å². The molecule has 3 nitrogen and oxygen atoms in total. The van der Waals surface area contributed by atoms with Gasteiger partial charge in [0.05, 0.1) is 18.3 Å². The van der Waals surface area contributed by atoms with Gasteiger partial charge in [-0.05, 0) is 72.6 Å². The predicted octanol–water partition coefficient (Wildman–Crippen LogP) is 7.23. The van der Waals surface area contributed by atoms with Gasteiger partial charge in [-0.15, -0.1) is 0 Å². The van der Waals surface area contributed by atoms with Crippen LogP contribution in [0.3, 0.4) is 0 Å². The zero-order valence-electron chi connectivity index (χ0n) is 18.0. The van der Waals surface area contributed by atoms with Gasteiger partial charge >= 0.3 is 0 Å². The highest BCUT2D eigenvalue weighted by Gasteiger charge is 2.36. The first-order valence-electron chi connectivity index (χ1n) is 10.9. The van der Waals surface area contributed by atoms with Gasteiger partial charge in [-0.25, -0.2) is 4.99 Å². The molecule has 0 spiro atoms. The summed E-state index contributed by atoms with van der Waals surface area (Å²) in [5.74, 6) is 1.98. The maximum Gasteiger partial charge on any atom is 0.119 e. The van der Waals surface area contributed by atoms with Crippen LogP contribution in [0.25, 0.3) is 10.8 Å². The molecule has 1 fully saturated rings. The van der Waals surface area contributed by atoms with Crippen LogP contribution >= 0.6 is 0 Å². The molecule has 0 saturated carbocycles. The topological polar surface area (TPSA) is 24.8 Å². The molecule has 31 heavy (non-hydrogen) atoms. The minimum absolute atomic E-state index is 0.270. The van der Waals surface area contributed by atoms with Crippen molar-refractivity contribution in [1.82, 2.24) is 0 Å². The van der Waals surface area contributed by atoms with Crippen molar-refractivity contribution in [3.8, 4) is 5.75 Å². The van der Waals surface area contributed by atoms with Crippen molar-refractivity contribution in [2.45, 2.75) is 26.3 Å². The van der Waals surface area contributed by atoms with Crippen molar-refractivity contribution in [2.75, 3.05) is 11.5 Å². The van der Waals surface area contributed by atoms with Crippen LogP contribution in [0, 0.1) is 6.92 Å². The standard InChI is InChI=1S/C28H26N2O/c1-3-31-26-16-14-25(15-17-26)30-27(19-28(30)29-24-12-8-20(2)9-13-24)23-11-10-21-6-4-5-7-22(21)18-23/h4-18,27H,3,19H2,1-2H3/b29-28+. The Kier molecular flexibility index (Phi) is 5.17. The van der Waals surface area contributed by atoms with Crippen molar-refractivity contribution in [2.24, 2.45) is 4.99 Å². The summed E-state index contributed by atoms with van der Waals surface area (Å²) in [6, 6.07) is 32.3. The molecule has 0 N–H and O–H groups in total. The molecule has 0 radical (unpaired) electrons. The molecular weight excluding hydrogens is 380 g/mol. The van der Waals surface area contributed by atoms with E-state index in [4.69, 9.17) is 9.73 Å². The molecule has 4 aromatic rings. The van der Waals surface area contributed by atoms with Crippen LogP contribution in [0.4, 0.5) is 11.4 Å². The number of anilines is 1. The molecule has 0 aliphatic carbocycles. The molecule has 3 heteroatoms. The molecule has 0 bridgehead atoms. The second-order valence-electron chi connectivity index (χ2n) is 7.99. The zero-order chi connectivity index (χ0) is 21.2. The Balaban J connectivity index is 1.51. The van der Waals surface area contributed by atoms with Gasteiger partial charge in [-0.3, -0.25) is 0 Å². The van der Waals surface area contributed by atoms with Crippen LogP contribution in [0.5, 0.6) is 5.75 Å². The van der Waals surface area contributed by atoms with E-state index in [2.05, 4.69) is 90.7 Å². The van der Waals surface area contributed by atoms with Crippen molar-refractivity contribution >= 4 is 28.0 Å². The van der Waals surface area contributed by atoms with Gasteiger partial charge in [-0.1, -0.05) is 54.1 Å². The Labute approximate surface area is 183 Å². The third-order valence-corrected chi connectivity index (χ3v) is 5.84. The molecule has 0 aromatic heterocycles. The molecule has 1 atom stereocenters. The molecular formula is C28H26N2O. The monoisotopic (exact) mass is 406 g/mol. The third-order valence-electron chi connectivity index (χ3n) is 5.84. The van der Waals surface area contributed by atoms with E-state index in [1.54, 1.807) is 0 Å². The first-order chi connectivity index (χ1) is 15.2. The highest BCUT2D eigenvalue weighted by molar-refractivity contribution is 6.06. The fourth-order valence-electron chi connectivity index (χ4n) is 4.18. The summed E-state index contributed by atoms with van der Waals surface area (Å²) < 4.78 is 5.64. The van der Waals surface area contributed by atoms with Crippen LogP contribution in [0.1, 0.15) is 30.5 Å². The number of hydrogen-bond acceptors (Lipinski definition) is 2. The predicted molar refractivity (Wildman–Crippen MR) is 130 cm³/mol. The minimum Gasteiger partial charge on any atom is -0.494 e. The van der Waals surface area contributed by atoms with Gasteiger partial charge < -0.3 is 9.64 Å². The van der Waals surface area contributed by atoms with E-state index in [0.717, 1.165) is 29.4 Å². The fourth-order valence-corrected chi connectivity index (χ4v) is 4.18. The Hall–Kier alpha value is -3.59. The summed E-state index contributed by atoms with van der Waals surface area (Å²) in [6.07, 6.45) is 0.916. The number of nitrogens with zero attached hydrogens (tertiary/aromatic N) is 2. The van der Waals surface area contributed by atoms with Gasteiger partial charge in [0, 0.05) is 12.1 Å². The van der Waals surface area contributed by atoms with E-state index in [-0.39, 0.29) is 6.04 Å². The van der Waals surface area contributed by atoms with Crippen LogP contribution in [0.2, 0.25) is 0 Å². The third kappa shape index (κ3) is 3.91. The maximum atomic E-state index is 5.64. The number of hydrogen-bond donors (Lipinski definition) is 0. The first-order valence-corrected chi connectivity index (χ1v) is 10.9. The highest BCUT2D eigenvalue weighted by Crippen LogP contribution is 2.41. The van der Waals surface area contributed by atoms with E-state index >= 15 is 0 Å². The normalized spacial score (nSPS) is 17.0. The largest absolute Gasteiger partial charge is 0.494 e. The number of benzene rings is 4. The smallest absolute Gasteiger partial charge is 0.119 e. The van der Waals surface area contributed by atoms with Crippen molar-refractivity contribution < 1.29 is 4.74 Å². The number of fused-ring (bicyclic) bond motifs is 1. The molecule has 1 unspecified atom stereocenters. The Morgan fingerprint density at radius 1 is 0.871 bits per heavy atom. The first kappa shape index (κ1) is 19.4. The van der Waals surface area contributed by atoms with Gasteiger partial charge in [-0.2, -0.15) is 0 Å². The summed E-state index contributed by atoms with van der Waals surface area (Å²) in [5.41, 5.74) is 4.69. The lowest BCUT2D eigenvalue weighted by Crippen LogP contribution is -2.46. The minimum atomic E-state index is 0.270. The van der Waals surface area contributed by atoms with Gasteiger partial charge in [0.2, 0.25) is 0 Å². The highest BCUT2D eigenvalue weighted by atomic mass is 16.5. The lowest BCUT2D eigenvalue weighted by atomic mass is 9.91. The summed E-state index contributed by atoms with van der Waals surface area (Å²) in [6.45, 7) is 4.77. The average Bonchev–Trinajstić information content (AvgIpc) is 2.79. The van der Waals surface area contributed by atoms with Gasteiger partial charge in [0.25, 0.3) is 0 Å². The summed E-state index contributed by atoms with van der Waals surface area (Å²) >= 11 is 0. The lowest BCUT2D eigenvalue weighted by molar-refractivity contribution is 0.340. The maximum absolute atomic E-state index is 5.64. The fraction of sp³-hybridized carbons (Fsp3) is 0.179. The van der Waals surface area contributed by atoms with E-state index < -0.39 is 0 Å². The molecule has 0 amide bonds. The van der Waals surface area contributed by atoms with Crippen molar-refractivity contribution in [3.63, 3.8) is 0 Å². The number of aryl methyl sites for hydroxylation is 1. The number of amidine groups is 1. The molecule has 4 aromatic carbocycles. The molecule has 1 heterocycles. The van der Waals surface area contributed by atoms with E-state index in [1.165, 1.54) is 21.9 Å². The summed E-state index contributed by atoms with van der Waals surface area (Å²) in [5, 5.41) is 2.54. The molecule has 5 rings (SSSR count). The van der Waals surface area contributed by atoms with Gasteiger partial charge in [0.15, 0.2) is 0 Å². The van der Waals surface area contributed by atoms with E-state index in [1.807, 2.05) is 19.1 Å². The second-order valence-corrected chi connectivity index (χ2v) is 7.99. The van der Waals surface area contributed by atoms with Gasteiger partial charge in [0.1, 0.15) is 11.6 Å². The second kappa shape index (κ2) is 8.27. The quantitative estimate of drug-likeness (QED) is 0.349. The van der Waals surface area contributed by atoms with Crippen LogP contribution in [-0.2, 0) is 0 Å². The Morgan fingerprint density at radius 3 is 2.35 bits per heavy atom. The molecule has 1 aliphatic rings. The summed E-state index contributed by atoms with van der Waals surface area (Å²) in [4.78, 5) is 7.32. The molecule has 1 saturated heterocycles. The van der Waals surface area contributed by atoms with Crippen LogP contribution in [0.15, 0.2) is 96.0 Å². The Bertz CT molecular complexity index is 1230.